The summed E-state index contributed by atoms with van der Waals surface area (Å²) >= 11 is 0. The van der Waals surface area contributed by atoms with Crippen LogP contribution in [-0.4, -0.2) is 46.9 Å². The topological polar surface area (TPSA) is 75.6 Å². The van der Waals surface area contributed by atoms with Gasteiger partial charge < -0.3 is 15.1 Å². The van der Waals surface area contributed by atoms with Crippen molar-refractivity contribution < 1.29 is 9.21 Å². The van der Waals surface area contributed by atoms with Crippen molar-refractivity contribution in [2.24, 2.45) is 0 Å². The van der Waals surface area contributed by atoms with Crippen molar-refractivity contribution in [2.45, 2.75) is 27.3 Å². The van der Waals surface area contributed by atoms with Gasteiger partial charge in [-0.2, -0.15) is 0 Å². The Morgan fingerprint density at radius 1 is 1.21 bits per heavy atom. The van der Waals surface area contributed by atoms with E-state index < -0.39 is 0 Å². The minimum Gasteiger partial charge on any atom is -0.444 e. The van der Waals surface area contributed by atoms with Gasteiger partial charge in [0.1, 0.15) is 5.76 Å². The van der Waals surface area contributed by atoms with Gasteiger partial charge in [-0.05, 0) is 38.5 Å². The lowest BCUT2D eigenvalue weighted by Crippen LogP contribution is -2.48. The monoisotopic (exact) mass is 328 g/mol. The predicted octanol–water partition coefficient (Wildman–Crippen LogP) is 2.14. The third-order valence-electron chi connectivity index (χ3n) is 4.58. The molecule has 1 aliphatic rings. The zero-order chi connectivity index (χ0) is 17.3. The van der Waals surface area contributed by atoms with Gasteiger partial charge in [0.05, 0.1) is 12.2 Å². The van der Waals surface area contributed by atoms with Crippen LogP contribution in [0.15, 0.2) is 22.6 Å². The highest BCUT2D eigenvalue weighted by Crippen LogP contribution is 2.17. The molecule has 2 heterocycles. The van der Waals surface area contributed by atoms with Crippen LogP contribution in [0.3, 0.4) is 0 Å². The number of hydrogen-bond donors (Lipinski definition) is 1. The lowest BCUT2D eigenvalue weighted by atomic mass is 10.1. The summed E-state index contributed by atoms with van der Waals surface area (Å²) in [5.41, 5.74) is 9.04. The molecule has 0 spiro atoms. The molecule has 0 unspecified atom stereocenters. The van der Waals surface area contributed by atoms with Crippen LogP contribution in [0.1, 0.15) is 33.3 Å². The van der Waals surface area contributed by atoms with Crippen molar-refractivity contribution in [2.75, 3.05) is 31.9 Å². The first-order valence-electron chi connectivity index (χ1n) is 8.24. The SMILES string of the molecule is Cc1ccc(N)cc1C(=O)N1CCN(Cc2nc(C)c(C)o2)CC1. The van der Waals surface area contributed by atoms with Gasteiger partial charge in [-0.1, -0.05) is 6.07 Å². The Kier molecular flexibility index (Phi) is 4.57. The summed E-state index contributed by atoms with van der Waals surface area (Å²) in [6.45, 7) is 9.53. The first-order valence-corrected chi connectivity index (χ1v) is 8.24. The van der Waals surface area contributed by atoms with E-state index in [0.717, 1.165) is 36.0 Å². The average Bonchev–Trinajstić information content (AvgIpc) is 2.87. The Bertz CT molecular complexity index is 726. The summed E-state index contributed by atoms with van der Waals surface area (Å²) in [6, 6.07) is 5.48. The van der Waals surface area contributed by atoms with Gasteiger partial charge in [-0.15, -0.1) is 0 Å². The number of amides is 1. The molecule has 3 rings (SSSR count). The number of oxazole rings is 1. The van der Waals surface area contributed by atoms with E-state index in [9.17, 15) is 4.79 Å². The molecule has 0 aliphatic carbocycles. The minimum absolute atomic E-state index is 0.0577. The molecular formula is C18H24N4O2. The molecule has 128 valence electrons. The first kappa shape index (κ1) is 16.5. The van der Waals surface area contributed by atoms with Crippen LogP contribution in [0.2, 0.25) is 0 Å². The maximum Gasteiger partial charge on any atom is 0.254 e. The molecular weight excluding hydrogens is 304 g/mol. The summed E-state index contributed by atoms with van der Waals surface area (Å²) in [4.78, 5) is 21.3. The van der Waals surface area contributed by atoms with Crippen LogP contribution in [0.5, 0.6) is 0 Å². The number of aromatic nitrogens is 1. The fraction of sp³-hybridized carbons (Fsp3) is 0.444. The van der Waals surface area contributed by atoms with E-state index >= 15 is 0 Å². The summed E-state index contributed by atoms with van der Waals surface area (Å²) in [7, 11) is 0. The molecule has 0 atom stereocenters. The van der Waals surface area contributed by atoms with E-state index in [2.05, 4.69) is 9.88 Å². The third kappa shape index (κ3) is 3.43. The van der Waals surface area contributed by atoms with Crippen molar-refractivity contribution in [3.63, 3.8) is 0 Å². The number of carbonyl (C=O) groups is 1. The molecule has 2 N–H and O–H groups in total. The Hall–Kier alpha value is -2.34. The zero-order valence-electron chi connectivity index (χ0n) is 14.5. The molecule has 1 aromatic carbocycles. The second-order valence-electron chi connectivity index (χ2n) is 6.39. The predicted molar refractivity (Wildman–Crippen MR) is 92.7 cm³/mol. The number of nitrogens with two attached hydrogens (primary N) is 1. The second-order valence-corrected chi connectivity index (χ2v) is 6.39. The molecule has 6 nitrogen and oxygen atoms in total. The second kappa shape index (κ2) is 6.65. The summed E-state index contributed by atoms with van der Waals surface area (Å²) in [6.07, 6.45) is 0. The number of hydrogen-bond acceptors (Lipinski definition) is 5. The van der Waals surface area contributed by atoms with E-state index in [1.807, 2.05) is 37.8 Å². The normalized spacial score (nSPS) is 15.7. The standard InChI is InChI=1S/C18H24N4O2/c1-12-4-5-15(19)10-16(12)18(23)22-8-6-21(7-9-22)11-17-20-13(2)14(3)24-17/h4-5,10H,6-9,11,19H2,1-3H3. The van der Waals surface area contributed by atoms with Crippen molar-refractivity contribution in [1.29, 1.82) is 0 Å². The number of nitrogen functional groups attached to an aromatic ring is 1. The molecule has 1 amide bonds. The highest BCUT2D eigenvalue weighted by molar-refractivity contribution is 5.96. The molecule has 0 saturated carbocycles. The van der Waals surface area contributed by atoms with Gasteiger partial charge in [0, 0.05) is 37.4 Å². The summed E-state index contributed by atoms with van der Waals surface area (Å²) in [5, 5.41) is 0. The molecule has 6 heteroatoms. The van der Waals surface area contributed by atoms with Crippen LogP contribution in [0.25, 0.3) is 0 Å². The Labute approximate surface area is 142 Å². The van der Waals surface area contributed by atoms with Gasteiger partial charge in [-0.25, -0.2) is 4.98 Å². The third-order valence-corrected chi connectivity index (χ3v) is 4.58. The first-order chi connectivity index (χ1) is 11.4. The highest BCUT2D eigenvalue weighted by atomic mass is 16.4. The van der Waals surface area contributed by atoms with E-state index in [1.54, 1.807) is 6.07 Å². The summed E-state index contributed by atoms with van der Waals surface area (Å²) < 4.78 is 5.64. The smallest absolute Gasteiger partial charge is 0.254 e. The molecule has 1 fully saturated rings. The number of benzene rings is 1. The van der Waals surface area contributed by atoms with Gasteiger partial charge in [0.2, 0.25) is 5.89 Å². The van der Waals surface area contributed by atoms with E-state index in [4.69, 9.17) is 10.2 Å². The molecule has 2 aromatic rings. The number of anilines is 1. The number of aryl methyl sites for hydroxylation is 3. The number of rotatable bonds is 3. The maximum absolute atomic E-state index is 12.7. The highest BCUT2D eigenvalue weighted by Gasteiger charge is 2.24. The number of nitrogens with zero attached hydrogens (tertiary/aromatic N) is 3. The average molecular weight is 328 g/mol. The lowest BCUT2D eigenvalue weighted by Gasteiger charge is -2.34. The molecule has 1 saturated heterocycles. The Morgan fingerprint density at radius 2 is 1.92 bits per heavy atom. The van der Waals surface area contributed by atoms with Crippen molar-refractivity contribution in [3.05, 3.63) is 46.7 Å². The Balaban J connectivity index is 1.60. The minimum atomic E-state index is 0.0577. The van der Waals surface area contributed by atoms with Crippen molar-refractivity contribution >= 4 is 11.6 Å². The van der Waals surface area contributed by atoms with Gasteiger partial charge in [-0.3, -0.25) is 9.69 Å². The lowest BCUT2D eigenvalue weighted by molar-refractivity contribution is 0.0617. The fourth-order valence-electron chi connectivity index (χ4n) is 2.95. The molecule has 0 radical (unpaired) electrons. The van der Waals surface area contributed by atoms with Crippen molar-refractivity contribution in [1.82, 2.24) is 14.8 Å². The van der Waals surface area contributed by atoms with E-state index in [-0.39, 0.29) is 5.91 Å². The van der Waals surface area contributed by atoms with Crippen molar-refractivity contribution in [3.8, 4) is 0 Å². The van der Waals surface area contributed by atoms with Crippen LogP contribution in [0.4, 0.5) is 5.69 Å². The molecule has 24 heavy (non-hydrogen) atoms. The zero-order valence-corrected chi connectivity index (χ0v) is 14.5. The Morgan fingerprint density at radius 3 is 2.54 bits per heavy atom. The van der Waals surface area contributed by atoms with E-state index in [0.29, 0.717) is 30.9 Å². The van der Waals surface area contributed by atoms with Gasteiger partial charge in [0.15, 0.2) is 0 Å². The number of carbonyl (C=O) groups excluding carboxylic acids is 1. The number of piperazine rings is 1. The van der Waals surface area contributed by atoms with Crippen LogP contribution < -0.4 is 5.73 Å². The quantitative estimate of drug-likeness (QED) is 0.874. The van der Waals surface area contributed by atoms with Gasteiger partial charge in [0.25, 0.3) is 5.91 Å². The van der Waals surface area contributed by atoms with Crippen LogP contribution in [0, 0.1) is 20.8 Å². The van der Waals surface area contributed by atoms with Crippen LogP contribution >= 0.6 is 0 Å². The van der Waals surface area contributed by atoms with Crippen LogP contribution in [-0.2, 0) is 6.54 Å². The van der Waals surface area contributed by atoms with Gasteiger partial charge >= 0.3 is 0 Å². The summed E-state index contributed by atoms with van der Waals surface area (Å²) in [5.74, 6) is 1.68. The molecule has 1 aliphatic heterocycles. The maximum atomic E-state index is 12.7. The molecule has 1 aromatic heterocycles. The molecule has 0 bridgehead atoms. The largest absolute Gasteiger partial charge is 0.444 e. The van der Waals surface area contributed by atoms with E-state index in [1.165, 1.54) is 0 Å². The fourth-order valence-corrected chi connectivity index (χ4v) is 2.95.